The van der Waals surface area contributed by atoms with E-state index in [1.165, 1.54) is 35.4 Å². The fourth-order valence-corrected chi connectivity index (χ4v) is 4.84. The number of aryl methyl sites for hydroxylation is 1. The van der Waals surface area contributed by atoms with E-state index in [1.807, 2.05) is 0 Å². The van der Waals surface area contributed by atoms with Crippen molar-refractivity contribution in [3.05, 3.63) is 119 Å². The highest BCUT2D eigenvalue weighted by atomic mass is 19.1. The Hall–Kier alpha value is -4.40. The summed E-state index contributed by atoms with van der Waals surface area (Å²) in [4.78, 5) is 37.2. The number of pyridine rings is 1. The van der Waals surface area contributed by atoms with Crippen molar-refractivity contribution in [3.8, 4) is 0 Å². The van der Waals surface area contributed by atoms with Gasteiger partial charge in [-0.15, -0.1) is 0 Å². The number of halogens is 2. The highest BCUT2D eigenvalue weighted by Crippen LogP contribution is 2.41. The summed E-state index contributed by atoms with van der Waals surface area (Å²) in [6, 6.07) is 12.5. The molecule has 2 amide bonds. The Morgan fingerprint density at radius 1 is 1.11 bits per heavy atom. The highest BCUT2D eigenvalue weighted by molar-refractivity contribution is 5.96. The molecule has 0 saturated carbocycles. The number of nitrogens with zero attached hydrogens (tertiary/aromatic N) is 3. The number of rotatable bonds is 8. The first kappa shape index (κ1) is 24.3. The second-order valence-corrected chi connectivity index (χ2v) is 8.84. The molecule has 5 rings (SSSR count). The third-order valence-corrected chi connectivity index (χ3v) is 6.50. The van der Waals surface area contributed by atoms with Gasteiger partial charge in [-0.05, 0) is 66.3 Å². The SMILES string of the molecule is O=C(NCCc1cccc(F)c1)C(c1cccnc1)N(C(=O)c1cocn1)C1CCc2cc(F)ccc21. The summed E-state index contributed by atoms with van der Waals surface area (Å²) >= 11 is 0. The molecular weight excluding hydrogens is 478 g/mol. The van der Waals surface area contributed by atoms with Gasteiger partial charge in [0.2, 0.25) is 5.91 Å². The van der Waals surface area contributed by atoms with Gasteiger partial charge in [0.05, 0.1) is 6.04 Å². The lowest BCUT2D eigenvalue weighted by Crippen LogP contribution is -2.45. The zero-order chi connectivity index (χ0) is 25.8. The van der Waals surface area contributed by atoms with E-state index >= 15 is 0 Å². The van der Waals surface area contributed by atoms with E-state index in [4.69, 9.17) is 4.42 Å². The molecule has 2 aromatic heterocycles. The molecule has 0 fully saturated rings. The van der Waals surface area contributed by atoms with Crippen molar-refractivity contribution >= 4 is 11.8 Å². The molecule has 1 aliphatic rings. The second-order valence-electron chi connectivity index (χ2n) is 8.84. The number of carbonyl (C=O) groups is 2. The van der Waals surface area contributed by atoms with Crippen molar-refractivity contribution in [2.75, 3.05) is 6.54 Å². The van der Waals surface area contributed by atoms with Crippen LogP contribution in [0.3, 0.4) is 0 Å². The number of carbonyl (C=O) groups excluding carboxylic acids is 2. The van der Waals surface area contributed by atoms with Crippen LogP contribution in [0.5, 0.6) is 0 Å². The molecule has 0 radical (unpaired) electrons. The van der Waals surface area contributed by atoms with Gasteiger partial charge in [0.15, 0.2) is 12.1 Å². The molecule has 0 spiro atoms. The topological polar surface area (TPSA) is 88.3 Å². The normalized spacial score (nSPS) is 15.1. The largest absolute Gasteiger partial charge is 0.451 e. The number of aromatic nitrogens is 2. The molecule has 2 heterocycles. The Balaban J connectivity index is 1.50. The van der Waals surface area contributed by atoms with E-state index in [2.05, 4.69) is 15.3 Å². The summed E-state index contributed by atoms with van der Waals surface area (Å²) in [5, 5.41) is 2.90. The molecule has 2 unspecified atom stereocenters. The van der Waals surface area contributed by atoms with Gasteiger partial charge in [-0.3, -0.25) is 14.6 Å². The van der Waals surface area contributed by atoms with Crippen molar-refractivity contribution < 1.29 is 22.8 Å². The average molecular weight is 503 g/mol. The minimum absolute atomic E-state index is 0.0528. The van der Waals surface area contributed by atoms with Gasteiger partial charge in [-0.1, -0.05) is 24.3 Å². The van der Waals surface area contributed by atoms with Crippen LogP contribution in [0.2, 0.25) is 0 Å². The molecule has 4 aromatic rings. The van der Waals surface area contributed by atoms with Gasteiger partial charge >= 0.3 is 0 Å². The predicted octanol–water partition coefficient (Wildman–Crippen LogP) is 4.58. The Bertz CT molecular complexity index is 1400. The van der Waals surface area contributed by atoms with E-state index in [0.29, 0.717) is 24.8 Å². The molecule has 188 valence electrons. The van der Waals surface area contributed by atoms with Crippen molar-refractivity contribution in [3.63, 3.8) is 0 Å². The minimum Gasteiger partial charge on any atom is -0.451 e. The molecule has 7 nitrogen and oxygen atoms in total. The van der Waals surface area contributed by atoms with Crippen molar-refractivity contribution in [2.45, 2.75) is 31.3 Å². The van der Waals surface area contributed by atoms with Crippen LogP contribution in [0.1, 0.15) is 51.2 Å². The smallest absolute Gasteiger partial charge is 0.277 e. The van der Waals surface area contributed by atoms with Crippen LogP contribution in [-0.2, 0) is 17.6 Å². The number of benzene rings is 2. The van der Waals surface area contributed by atoms with E-state index in [9.17, 15) is 18.4 Å². The summed E-state index contributed by atoms with van der Waals surface area (Å²) in [6.07, 6.45) is 6.99. The third kappa shape index (κ3) is 5.25. The number of hydrogen-bond acceptors (Lipinski definition) is 5. The Morgan fingerprint density at radius 3 is 2.73 bits per heavy atom. The Morgan fingerprint density at radius 2 is 1.97 bits per heavy atom. The first-order chi connectivity index (χ1) is 18.0. The van der Waals surface area contributed by atoms with E-state index in [1.54, 1.807) is 42.7 Å². The molecule has 2 aromatic carbocycles. The van der Waals surface area contributed by atoms with Crippen LogP contribution in [-0.4, -0.2) is 33.2 Å². The van der Waals surface area contributed by atoms with Gasteiger partial charge < -0.3 is 14.6 Å². The lowest BCUT2D eigenvalue weighted by molar-refractivity contribution is -0.126. The molecule has 0 saturated heterocycles. The Kier molecular flexibility index (Phi) is 7.02. The van der Waals surface area contributed by atoms with Crippen LogP contribution in [0, 0.1) is 11.6 Å². The van der Waals surface area contributed by atoms with E-state index < -0.39 is 23.9 Å². The van der Waals surface area contributed by atoms with Crippen LogP contribution in [0.15, 0.2) is 84.1 Å². The zero-order valence-electron chi connectivity index (χ0n) is 19.8. The minimum atomic E-state index is -1.05. The van der Waals surface area contributed by atoms with Gasteiger partial charge in [-0.2, -0.15) is 0 Å². The fourth-order valence-electron chi connectivity index (χ4n) is 4.84. The molecular formula is C28H24F2N4O3. The van der Waals surface area contributed by atoms with Gasteiger partial charge in [0, 0.05) is 24.5 Å². The number of hydrogen-bond donors (Lipinski definition) is 1. The maximum atomic E-state index is 13.9. The second kappa shape index (κ2) is 10.7. The van der Waals surface area contributed by atoms with E-state index in [0.717, 1.165) is 23.1 Å². The van der Waals surface area contributed by atoms with Gasteiger partial charge in [0.25, 0.3) is 5.91 Å². The number of fused-ring (bicyclic) bond motifs is 1. The summed E-state index contributed by atoms with van der Waals surface area (Å²) < 4.78 is 32.6. The van der Waals surface area contributed by atoms with Crippen molar-refractivity contribution in [1.82, 2.24) is 20.2 Å². The summed E-state index contributed by atoms with van der Waals surface area (Å²) in [6.45, 7) is 0.234. The molecule has 0 aliphatic heterocycles. The molecule has 1 aliphatic carbocycles. The average Bonchev–Trinajstić information content (AvgIpc) is 3.58. The van der Waals surface area contributed by atoms with Crippen LogP contribution in [0.25, 0.3) is 0 Å². The maximum Gasteiger partial charge on any atom is 0.277 e. The predicted molar refractivity (Wildman–Crippen MR) is 130 cm³/mol. The highest BCUT2D eigenvalue weighted by Gasteiger charge is 2.41. The molecule has 2 atom stereocenters. The Labute approximate surface area is 212 Å². The van der Waals surface area contributed by atoms with Gasteiger partial charge in [-0.25, -0.2) is 13.8 Å². The molecule has 1 N–H and O–H groups in total. The zero-order valence-corrected chi connectivity index (χ0v) is 19.8. The molecule has 0 bridgehead atoms. The first-order valence-corrected chi connectivity index (χ1v) is 11.9. The lowest BCUT2D eigenvalue weighted by atomic mass is 9.99. The maximum absolute atomic E-state index is 13.9. The third-order valence-electron chi connectivity index (χ3n) is 6.50. The first-order valence-electron chi connectivity index (χ1n) is 11.9. The fraction of sp³-hybridized carbons (Fsp3) is 0.214. The standard InChI is InChI=1S/C28H24F2N4O3/c29-21-5-1-3-18(13-21)10-12-32-27(35)26(20-4-2-11-31-15-20)34(28(36)24-16-37-17-33-24)25-9-6-19-14-22(30)7-8-23(19)25/h1-5,7-8,11,13-17,25-26H,6,9-10,12H2,(H,32,35). The lowest BCUT2D eigenvalue weighted by Gasteiger charge is -2.36. The van der Waals surface area contributed by atoms with Crippen molar-refractivity contribution in [2.24, 2.45) is 0 Å². The molecule has 37 heavy (non-hydrogen) atoms. The van der Waals surface area contributed by atoms with Crippen LogP contribution in [0.4, 0.5) is 8.78 Å². The summed E-state index contributed by atoms with van der Waals surface area (Å²) in [5.41, 5.74) is 2.87. The van der Waals surface area contributed by atoms with Crippen molar-refractivity contribution in [1.29, 1.82) is 0 Å². The van der Waals surface area contributed by atoms with Gasteiger partial charge in [0.1, 0.15) is 23.9 Å². The molecule has 9 heteroatoms. The number of oxazole rings is 1. The number of nitrogens with one attached hydrogen (secondary N) is 1. The quantitative estimate of drug-likeness (QED) is 0.381. The van der Waals surface area contributed by atoms with Crippen LogP contribution < -0.4 is 5.32 Å². The summed E-state index contributed by atoms with van der Waals surface area (Å²) in [7, 11) is 0. The van der Waals surface area contributed by atoms with E-state index in [-0.39, 0.29) is 23.9 Å². The van der Waals surface area contributed by atoms with Crippen LogP contribution >= 0.6 is 0 Å². The monoisotopic (exact) mass is 502 g/mol. The summed E-state index contributed by atoms with van der Waals surface area (Å²) in [5.74, 6) is -1.62. The number of amides is 2.